The first-order valence-corrected chi connectivity index (χ1v) is 8.53. The minimum absolute atomic E-state index is 0.836. The van der Waals surface area contributed by atoms with Crippen molar-refractivity contribution in [3.05, 3.63) is 47.3 Å². The first-order valence-electron chi connectivity index (χ1n) is 7.73. The Balaban J connectivity index is 1.59. The summed E-state index contributed by atoms with van der Waals surface area (Å²) in [7, 11) is 2.18. The lowest BCUT2D eigenvalue weighted by Crippen LogP contribution is -2.44. The van der Waals surface area contributed by atoms with Crippen LogP contribution in [0.1, 0.15) is 0 Å². The molecule has 1 aliphatic rings. The van der Waals surface area contributed by atoms with Crippen molar-refractivity contribution in [1.82, 2.24) is 19.5 Å². The van der Waals surface area contributed by atoms with Gasteiger partial charge >= 0.3 is 0 Å². The van der Waals surface area contributed by atoms with Gasteiger partial charge in [0.1, 0.15) is 0 Å². The van der Waals surface area contributed by atoms with E-state index in [1.165, 1.54) is 5.69 Å². The van der Waals surface area contributed by atoms with Crippen molar-refractivity contribution in [2.75, 3.05) is 38.1 Å². The van der Waals surface area contributed by atoms with Crippen molar-refractivity contribution in [2.45, 2.75) is 0 Å². The van der Waals surface area contributed by atoms with Gasteiger partial charge in [-0.1, -0.05) is 12.1 Å². The summed E-state index contributed by atoms with van der Waals surface area (Å²) in [6.07, 6.45) is 5.67. The number of benzene rings is 1. The Morgan fingerprint density at radius 2 is 1.70 bits per heavy atom. The number of anilines is 1. The number of aromatic nitrogens is 3. The van der Waals surface area contributed by atoms with Gasteiger partial charge in [-0.3, -0.25) is 0 Å². The molecule has 5 nitrogen and oxygen atoms in total. The number of nitrogens with zero attached hydrogens (tertiary/aromatic N) is 5. The van der Waals surface area contributed by atoms with E-state index in [4.69, 9.17) is 0 Å². The van der Waals surface area contributed by atoms with Crippen LogP contribution in [0.2, 0.25) is 0 Å². The first-order chi connectivity index (χ1) is 11.2. The van der Waals surface area contributed by atoms with Crippen molar-refractivity contribution in [3.8, 4) is 11.1 Å². The Bertz CT molecular complexity index is 819. The van der Waals surface area contributed by atoms with Gasteiger partial charge in [0.25, 0.3) is 0 Å². The number of fused-ring (bicyclic) bond motifs is 1. The maximum absolute atomic E-state index is 4.48. The molecule has 0 unspecified atom stereocenters. The number of likely N-dealkylation sites (N-methyl/N-ethyl adjacent to an activating group) is 1. The fraction of sp³-hybridized carbons (Fsp3) is 0.294. The van der Waals surface area contributed by atoms with Crippen molar-refractivity contribution >= 4 is 27.3 Å². The molecule has 3 aromatic rings. The third-order valence-corrected chi connectivity index (χ3v) is 4.94. The summed E-state index contributed by atoms with van der Waals surface area (Å²) in [6.45, 7) is 4.42. The predicted molar refractivity (Wildman–Crippen MR) is 95.8 cm³/mol. The van der Waals surface area contributed by atoms with E-state index in [1.54, 1.807) is 10.7 Å². The average Bonchev–Trinajstić information content (AvgIpc) is 2.96. The molecule has 1 saturated heterocycles. The van der Waals surface area contributed by atoms with E-state index >= 15 is 0 Å². The Kier molecular flexibility index (Phi) is 3.79. The molecule has 0 saturated carbocycles. The third-order valence-electron chi connectivity index (χ3n) is 4.38. The Labute approximate surface area is 143 Å². The molecule has 23 heavy (non-hydrogen) atoms. The summed E-state index contributed by atoms with van der Waals surface area (Å²) < 4.78 is 2.71. The molecular weight excluding hydrogens is 354 g/mol. The van der Waals surface area contributed by atoms with E-state index in [0.717, 1.165) is 47.4 Å². The van der Waals surface area contributed by atoms with Gasteiger partial charge in [0.2, 0.25) is 0 Å². The number of piperazine rings is 1. The lowest BCUT2D eigenvalue weighted by molar-refractivity contribution is 0.313. The molecule has 1 aromatic carbocycles. The van der Waals surface area contributed by atoms with E-state index in [-0.39, 0.29) is 0 Å². The van der Waals surface area contributed by atoms with E-state index < -0.39 is 0 Å². The van der Waals surface area contributed by atoms with Crippen LogP contribution in [-0.4, -0.2) is 52.7 Å². The Morgan fingerprint density at radius 3 is 2.43 bits per heavy atom. The molecule has 0 radical (unpaired) electrons. The lowest BCUT2D eigenvalue weighted by Gasteiger charge is -2.34. The summed E-state index contributed by atoms with van der Waals surface area (Å²) in [5, 5.41) is 4.30. The highest BCUT2D eigenvalue weighted by molar-refractivity contribution is 9.10. The second-order valence-electron chi connectivity index (χ2n) is 5.94. The highest BCUT2D eigenvalue weighted by Crippen LogP contribution is 2.24. The average molecular weight is 372 g/mol. The molecule has 0 atom stereocenters. The Hall–Kier alpha value is -1.92. The maximum Gasteiger partial charge on any atom is 0.169 e. The van der Waals surface area contributed by atoms with Crippen LogP contribution in [-0.2, 0) is 0 Å². The van der Waals surface area contributed by atoms with Crippen LogP contribution in [0.3, 0.4) is 0 Å². The standard InChI is InChI=1S/C17H18BrN5/c1-21-6-8-22(9-7-21)15-4-2-13(3-5-15)14-10-19-17-16(18)11-20-23(17)12-14/h2-5,10-12H,6-9H2,1H3. The topological polar surface area (TPSA) is 36.7 Å². The van der Waals surface area contributed by atoms with Crippen molar-refractivity contribution in [1.29, 1.82) is 0 Å². The van der Waals surface area contributed by atoms with Crippen LogP contribution in [0.15, 0.2) is 47.3 Å². The van der Waals surface area contributed by atoms with Gasteiger partial charge < -0.3 is 9.80 Å². The first kappa shape index (κ1) is 14.7. The van der Waals surface area contributed by atoms with E-state index in [0.29, 0.717) is 0 Å². The van der Waals surface area contributed by atoms with Gasteiger partial charge in [0.05, 0.1) is 10.7 Å². The molecule has 4 rings (SSSR count). The number of rotatable bonds is 2. The molecule has 0 bridgehead atoms. The van der Waals surface area contributed by atoms with Crippen LogP contribution in [0, 0.1) is 0 Å². The smallest absolute Gasteiger partial charge is 0.169 e. The molecule has 0 amide bonds. The van der Waals surface area contributed by atoms with Gasteiger partial charge in [0, 0.05) is 49.8 Å². The number of hydrogen-bond acceptors (Lipinski definition) is 4. The zero-order valence-corrected chi connectivity index (χ0v) is 14.6. The van der Waals surface area contributed by atoms with Crippen LogP contribution >= 0.6 is 15.9 Å². The summed E-state index contributed by atoms with van der Waals surface area (Å²) >= 11 is 3.45. The minimum Gasteiger partial charge on any atom is -0.369 e. The van der Waals surface area contributed by atoms with Crippen molar-refractivity contribution in [3.63, 3.8) is 0 Å². The summed E-state index contributed by atoms with van der Waals surface area (Å²) in [4.78, 5) is 9.28. The van der Waals surface area contributed by atoms with Gasteiger partial charge in [-0.25, -0.2) is 9.50 Å². The molecule has 3 heterocycles. The van der Waals surface area contributed by atoms with E-state index in [2.05, 4.69) is 67.1 Å². The minimum atomic E-state index is 0.836. The fourth-order valence-corrected chi connectivity index (χ4v) is 3.30. The molecule has 118 valence electrons. The van der Waals surface area contributed by atoms with Gasteiger partial charge in [-0.05, 0) is 40.7 Å². The van der Waals surface area contributed by atoms with E-state index in [1.807, 2.05) is 12.4 Å². The molecule has 0 N–H and O–H groups in total. The normalized spacial score (nSPS) is 16.2. The number of halogens is 1. The molecular formula is C17H18BrN5. The van der Waals surface area contributed by atoms with Gasteiger partial charge in [-0.2, -0.15) is 5.10 Å². The van der Waals surface area contributed by atoms with Crippen LogP contribution < -0.4 is 4.90 Å². The molecule has 0 spiro atoms. The van der Waals surface area contributed by atoms with Crippen LogP contribution in [0.25, 0.3) is 16.8 Å². The van der Waals surface area contributed by atoms with E-state index in [9.17, 15) is 0 Å². The lowest BCUT2D eigenvalue weighted by atomic mass is 10.1. The quantitative estimate of drug-likeness (QED) is 0.693. The molecule has 0 aliphatic carbocycles. The summed E-state index contributed by atoms with van der Waals surface area (Å²) in [5.41, 5.74) is 4.35. The SMILES string of the molecule is CN1CCN(c2ccc(-c3cnc4c(Br)cnn4c3)cc2)CC1. The van der Waals surface area contributed by atoms with Crippen LogP contribution in [0.4, 0.5) is 5.69 Å². The zero-order valence-electron chi connectivity index (χ0n) is 13.0. The van der Waals surface area contributed by atoms with Crippen molar-refractivity contribution in [2.24, 2.45) is 0 Å². The van der Waals surface area contributed by atoms with Crippen LogP contribution in [0.5, 0.6) is 0 Å². The van der Waals surface area contributed by atoms with Gasteiger partial charge in [-0.15, -0.1) is 0 Å². The van der Waals surface area contributed by atoms with Crippen molar-refractivity contribution < 1.29 is 0 Å². The highest BCUT2D eigenvalue weighted by atomic mass is 79.9. The highest BCUT2D eigenvalue weighted by Gasteiger charge is 2.14. The number of hydrogen-bond donors (Lipinski definition) is 0. The van der Waals surface area contributed by atoms with Gasteiger partial charge in [0.15, 0.2) is 5.65 Å². The summed E-state index contributed by atoms with van der Waals surface area (Å²) in [5.74, 6) is 0. The maximum atomic E-state index is 4.48. The third kappa shape index (κ3) is 2.84. The Morgan fingerprint density at radius 1 is 0.957 bits per heavy atom. The monoisotopic (exact) mass is 371 g/mol. The molecule has 1 aliphatic heterocycles. The second kappa shape index (κ2) is 5.94. The molecule has 1 fully saturated rings. The largest absolute Gasteiger partial charge is 0.369 e. The molecule has 2 aromatic heterocycles. The zero-order chi connectivity index (χ0) is 15.8. The molecule has 6 heteroatoms. The summed E-state index contributed by atoms with van der Waals surface area (Å²) in [6, 6.07) is 8.72. The predicted octanol–water partition coefficient (Wildman–Crippen LogP) is 2.91. The second-order valence-corrected chi connectivity index (χ2v) is 6.79. The fourth-order valence-electron chi connectivity index (χ4n) is 2.92.